The van der Waals surface area contributed by atoms with Crippen LogP contribution in [0.5, 0.6) is 0 Å². The molecule has 1 aliphatic carbocycles. The number of benzene rings is 2. The van der Waals surface area contributed by atoms with Crippen LogP contribution in [0, 0.1) is 5.82 Å². The van der Waals surface area contributed by atoms with E-state index in [1.165, 1.54) is 6.07 Å². The molecule has 1 aliphatic heterocycles. The average Bonchev–Trinajstić information content (AvgIpc) is 3.13. The number of Topliss-reactive ketones (excluding diaryl/α,β-unsaturated/α-hetero) is 1. The van der Waals surface area contributed by atoms with Crippen molar-refractivity contribution < 1.29 is 9.18 Å². The number of halogens is 3. The number of hydrogen-bond acceptors (Lipinski definition) is 4. The third-order valence-electron chi connectivity index (χ3n) is 5.25. The third kappa shape index (κ3) is 3.03. The number of anilines is 1. The molecular formula is C21H15Cl2FN4O. The van der Waals surface area contributed by atoms with E-state index < -0.39 is 6.04 Å². The van der Waals surface area contributed by atoms with Crippen LogP contribution in [0.1, 0.15) is 30.9 Å². The second-order valence-electron chi connectivity index (χ2n) is 7.05. The molecule has 0 saturated heterocycles. The van der Waals surface area contributed by atoms with E-state index in [4.69, 9.17) is 23.2 Å². The Hall–Kier alpha value is -2.70. The first-order chi connectivity index (χ1) is 14.0. The summed E-state index contributed by atoms with van der Waals surface area (Å²) in [7, 11) is 0. The van der Waals surface area contributed by atoms with Crippen LogP contribution in [0.3, 0.4) is 0 Å². The molecule has 5 nitrogen and oxygen atoms in total. The molecule has 0 amide bonds. The predicted molar refractivity (Wildman–Crippen MR) is 110 cm³/mol. The van der Waals surface area contributed by atoms with Crippen LogP contribution in [0.15, 0.2) is 53.7 Å². The molecular weight excluding hydrogens is 414 g/mol. The van der Waals surface area contributed by atoms with Crippen molar-refractivity contribution in [1.82, 2.24) is 14.8 Å². The van der Waals surface area contributed by atoms with Gasteiger partial charge in [0, 0.05) is 28.8 Å². The van der Waals surface area contributed by atoms with Gasteiger partial charge < -0.3 is 5.32 Å². The summed E-state index contributed by atoms with van der Waals surface area (Å²) in [5, 5.41) is 8.66. The number of hydrogen-bond donors (Lipinski definition) is 1. The lowest BCUT2D eigenvalue weighted by Gasteiger charge is -2.32. The van der Waals surface area contributed by atoms with Gasteiger partial charge in [0.25, 0.3) is 0 Å². The summed E-state index contributed by atoms with van der Waals surface area (Å²) in [5.41, 5.74) is 2.41. The lowest BCUT2D eigenvalue weighted by Crippen LogP contribution is -2.32. The molecule has 8 heteroatoms. The van der Waals surface area contributed by atoms with Crippen molar-refractivity contribution in [2.45, 2.75) is 25.3 Å². The van der Waals surface area contributed by atoms with Crippen molar-refractivity contribution >= 4 is 34.9 Å². The minimum absolute atomic E-state index is 0.00393. The lowest BCUT2D eigenvalue weighted by atomic mass is 9.85. The summed E-state index contributed by atoms with van der Waals surface area (Å²) in [5.74, 6) is 0.499. The molecule has 0 radical (unpaired) electrons. The van der Waals surface area contributed by atoms with Gasteiger partial charge >= 0.3 is 0 Å². The Kier molecular flexibility index (Phi) is 4.41. The molecule has 29 heavy (non-hydrogen) atoms. The van der Waals surface area contributed by atoms with E-state index in [9.17, 15) is 9.18 Å². The Morgan fingerprint density at radius 2 is 1.93 bits per heavy atom. The van der Waals surface area contributed by atoms with Crippen LogP contribution in [0.4, 0.5) is 10.3 Å². The fourth-order valence-electron chi connectivity index (χ4n) is 3.90. The highest BCUT2D eigenvalue weighted by atomic mass is 35.5. The van der Waals surface area contributed by atoms with Crippen LogP contribution in [-0.4, -0.2) is 20.5 Å². The van der Waals surface area contributed by atoms with E-state index in [0.29, 0.717) is 51.4 Å². The number of ketones is 1. The minimum atomic E-state index is -0.667. The molecule has 2 heterocycles. The van der Waals surface area contributed by atoms with Gasteiger partial charge in [-0.3, -0.25) is 4.79 Å². The van der Waals surface area contributed by atoms with Gasteiger partial charge in [0.05, 0.1) is 10.0 Å². The Labute approximate surface area is 176 Å². The molecule has 1 atom stereocenters. The second kappa shape index (κ2) is 6.97. The van der Waals surface area contributed by atoms with Crippen molar-refractivity contribution in [2.75, 3.05) is 5.32 Å². The Morgan fingerprint density at radius 1 is 1.10 bits per heavy atom. The molecule has 2 aromatic carbocycles. The Balaban J connectivity index is 1.69. The van der Waals surface area contributed by atoms with Crippen molar-refractivity contribution in [3.63, 3.8) is 0 Å². The average molecular weight is 429 g/mol. The van der Waals surface area contributed by atoms with E-state index in [0.717, 1.165) is 12.1 Å². The summed E-state index contributed by atoms with van der Waals surface area (Å²) in [6, 6.07) is 10.9. The van der Waals surface area contributed by atoms with Gasteiger partial charge in [-0.15, -0.1) is 5.10 Å². The first kappa shape index (κ1) is 18.3. The number of nitrogens with zero attached hydrogens (tertiary/aromatic N) is 3. The third-order valence-corrected chi connectivity index (χ3v) is 5.98. The number of nitrogens with one attached hydrogen (secondary N) is 1. The van der Waals surface area contributed by atoms with E-state index in [1.807, 2.05) is 0 Å². The van der Waals surface area contributed by atoms with Crippen LogP contribution < -0.4 is 5.32 Å². The van der Waals surface area contributed by atoms with Crippen LogP contribution in [0.2, 0.25) is 10.0 Å². The maximum absolute atomic E-state index is 14.7. The largest absolute Gasteiger partial charge is 0.328 e. The second-order valence-corrected chi connectivity index (χ2v) is 7.86. The van der Waals surface area contributed by atoms with Gasteiger partial charge in [-0.2, -0.15) is 4.98 Å². The number of allylic oxidation sites excluding steroid dienone is 2. The molecule has 2 aliphatic rings. The molecule has 0 bridgehead atoms. The zero-order chi connectivity index (χ0) is 20.1. The zero-order valence-corrected chi connectivity index (χ0v) is 16.6. The number of carbonyl (C=O) groups excluding carboxylic acids is 1. The summed E-state index contributed by atoms with van der Waals surface area (Å²) in [4.78, 5) is 17.4. The maximum atomic E-state index is 14.7. The molecule has 0 saturated carbocycles. The minimum Gasteiger partial charge on any atom is -0.328 e. The fraction of sp³-hybridized carbons (Fsp3) is 0.190. The summed E-state index contributed by atoms with van der Waals surface area (Å²) in [6.45, 7) is 0. The highest BCUT2D eigenvalue weighted by Gasteiger charge is 2.38. The molecule has 1 aromatic heterocycles. The molecule has 1 N–H and O–H groups in total. The van der Waals surface area contributed by atoms with Crippen molar-refractivity contribution in [1.29, 1.82) is 0 Å². The van der Waals surface area contributed by atoms with Crippen molar-refractivity contribution in [3.8, 4) is 11.4 Å². The van der Waals surface area contributed by atoms with E-state index in [1.54, 1.807) is 41.1 Å². The van der Waals surface area contributed by atoms with Crippen LogP contribution in [-0.2, 0) is 4.79 Å². The summed E-state index contributed by atoms with van der Waals surface area (Å²) >= 11 is 12.2. The quantitative estimate of drug-likeness (QED) is 0.592. The monoisotopic (exact) mass is 428 g/mol. The van der Waals surface area contributed by atoms with Gasteiger partial charge in [-0.1, -0.05) is 41.4 Å². The summed E-state index contributed by atoms with van der Waals surface area (Å²) in [6.07, 6.45) is 1.90. The smallest absolute Gasteiger partial charge is 0.226 e. The zero-order valence-electron chi connectivity index (χ0n) is 15.1. The highest BCUT2D eigenvalue weighted by Crippen LogP contribution is 2.41. The fourth-order valence-corrected chi connectivity index (χ4v) is 4.20. The van der Waals surface area contributed by atoms with Gasteiger partial charge in [0.2, 0.25) is 5.95 Å². The standard InChI is InChI=1S/C21H15Cl2FN4O/c22-13-9-8-11(10-14(13)23)20-26-21-25-16-6-3-7-17(29)18(16)19(28(21)27-20)12-4-1-2-5-15(12)24/h1-2,4-5,8-10,19H,3,6-7H2,(H,25,26,27). The Morgan fingerprint density at radius 3 is 2.72 bits per heavy atom. The van der Waals surface area contributed by atoms with Gasteiger partial charge in [0.15, 0.2) is 11.6 Å². The van der Waals surface area contributed by atoms with Crippen LogP contribution in [0.25, 0.3) is 11.4 Å². The first-order valence-electron chi connectivity index (χ1n) is 9.22. The molecule has 5 rings (SSSR count). The maximum Gasteiger partial charge on any atom is 0.226 e. The van der Waals surface area contributed by atoms with Gasteiger partial charge in [-0.05, 0) is 37.1 Å². The highest BCUT2D eigenvalue weighted by molar-refractivity contribution is 6.42. The normalized spacial score (nSPS) is 18.3. The van der Waals surface area contributed by atoms with Crippen LogP contribution >= 0.6 is 23.2 Å². The molecule has 1 unspecified atom stereocenters. The van der Waals surface area contributed by atoms with Gasteiger partial charge in [0.1, 0.15) is 11.9 Å². The predicted octanol–water partition coefficient (Wildman–Crippen LogP) is 5.41. The Bertz CT molecular complexity index is 1190. The van der Waals surface area contributed by atoms with Gasteiger partial charge in [-0.25, -0.2) is 9.07 Å². The molecule has 3 aromatic rings. The number of rotatable bonds is 2. The number of aromatic nitrogens is 3. The van der Waals surface area contributed by atoms with Crippen molar-refractivity contribution in [3.05, 3.63) is 75.2 Å². The van der Waals surface area contributed by atoms with E-state index in [-0.39, 0.29) is 11.6 Å². The molecule has 0 fully saturated rings. The molecule has 146 valence electrons. The topological polar surface area (TPSA) is 59.8 Å². The molecule has 0 spiro atoms. The SMILES string of the molecule is O=C1CCCC2=C1C(c1ccccc1F)n1nc(-c3ccc(Cl)c(Cl)c3)nc1N2. The number of carbonyl (C=O) groups is 1. The lowest BCUT2D eigenvalue weighted by molar-refractivity contribution is -0.116. The summed E-state index contributed by atoms with van der Waals surface area (Å²) < 4.78 is 16.3. The van der Waals surface area contributed by atoms with E-state index in [2.05, 4.69) is 15.4 Å². The number of fused-ring (bicyclic) bond motifs is 1. The van der Waals surface area contributed by atoms with Crippen molar-refractivity contribution in [2.24, 2.45) is 0 Å². The van der Waals surface area contributed by atoms with E-state index >= 15 is 0 Å². The first-order valence-corrected chi connectivity index (χ1v) is 9.98.